The SMILES string of the molecule is CC(C)C(CN)NC(=O)C1CCCC1(C)C. The van der Waals surface area contributed by atoms with Crippen LogP contribution in [0.3, 0.4) is 0 Å². The van der Waals surface area contributed by atoms with Gasteiger partial charge in [0, 0.05) is 18.5 Å². The van der Waals surface area contributed by atoms with Crippen LogP contribution in [0.4, 0.5) is 0 Å². The van der Waals surface area contributed by atoms with Crippen molar-refractivity contribution in [3.8, 4) is 0 Å². The molecule has 0 radical (unpaired) electrons. The number of carbonyl (C=O) groups excluding carboxylic acids is 1. The summed E-state index contributed by atoms with van der Waals surface area (Å²) in [5.41, 5.74) is 5.83. The average molecular weight is 226 g/mol. The lowest BCUT2D eigenvalue weighted by atomic mass is 9.81. The molecule has 1 amide bonds. The third kappa shape index (κ3) is 2.97. The summed E-state index contributed by atoms with van der Waals surface area (Å²) >= 11 is 0. The molecular formula is C13H26N2O. The molecule has 0 aliphatic heterocycles. The van der Waals surface area contributed by atoms with Crippen molar-refractivity contribution in [2.75, 3.05) is 6.54 Å². The largest absolute Gasteiger partial charge is 0.352 e. The van der Waals surface area contributed by atoms with E-state index in [1.807, 2.05) is 0 Å². The molecule has 3 nitrogen and oxygen atoms in total. The third-order valence-electron chi connectivity index (χ3n) is 3.96. The molecule has 0 spiro atoms. The van der Waals surface area contributed by atoms with Crippen LogP contribution in [0.25, 0.3) is 0 Å². The van der Waals surface area contributed by atoms with Crippen molar-refractivity contribution in [1.29, 1.82) is 0 Å². The Hall–Kier alpha value is -0.570. The summed E-state index contributed by atoms with van der Waals surface area (Å²) in [5.74, 6) is 0.769. The highest BCUT2D eigenvalue weighted by molar-refractivity contribution is 5.80. The van der Waals surface area contributed by atoms with E-state index in [0.717, 1.165) is 12.8 Å². The first-order valence-corrected chi connectivity index (χ1v) is 6.39. The maximum atomic E-state index is 12.2. The highest BCUT2D eigenvalue weighted by Crippen LogP contribution is 2.42. The molecule has 1 saturated carbocycles. The van der Waals surface area contributed by atoms with E-state index in [2.05, 4.69) is 33.0 Å². The number of rotatable bonds is 4. The molecule has 16 heavy (non-hydrogen) atoms. The first kappa shape index (κ1) is 13.5. The summed E-state index contributed by atoms with van der Waals surface area (Å²) in [4.78, 5) is 12.2. The van der Waals surface area contributed by atoms with Crippen molar-refractivity contribution < 1.29 is 4.79 Å². The molecule has 0 aromatic carbocycles. The summed E-state index contributed by atoms with van der Waals surface area (Å²) in [5, 5.41) is 3.10. The molecular weight excluding hydrogens is 200 g/mol. The molecule has 1 aliphatic carbocycles. The fraction of sp³-hybridized carbons (Fsp3) is 0.923. The summed E-state index contributed by atoms with van der Waals surface area (Å²) in [6, 6.07) is 0.115. The van der Waals surface area contributed by atoms with E-state index in [4.69, 9.17) is 5.73 Å². The minimum absolute atomic E-state index is 0.115. The van der Waals surface area contributed by atoms with Crippen molar-refractivity contribution in [3.05, 3.63) is 0 Å². The Bertz CT molecular complexity index is 248. The van der Waals surface area contributed by atoms with Gasteiger partial charge in [0.25, 0.3) is 0 Å². The van der Waals surface area contributed by atoms with Gasteiger partial charge in [0.15, 0.2) is 0 Å². The Balaban J connectivity index is 2.58. The molecule has 0 heterocycles. The minimum Gasteiger partial charge on any atom is -0.352 e. The average Bonchev–Trinajstić information content (AvgIpc) is 2.53. The van der Waals surface area contributed by atoms with Gasteiger partial charge >= 0.3 is 0 Å². The highest BCUT2D eigenvalue weighted by atomic mass is 16.2. The van der Waals surface area contributed by atoms with E-state index in [-0.39, 0.29) is 23.3 Å². The van der Waals surface area contributed by atoms with Crippen LogP contribution in [-0.2, 0) is 4.79 Å². The second-order valence-corrected chi connectivity index (χ2v) is 6.03. The zero-order valence-electron chi connectivity index (χ0n) is 11.0. The van der Waals surface area contributed by atoms with Gasteiger partial charge in [-0.3, -0.25) is 4.79 Å². The van der Waals surface area contributed by atoms with Crippen LogP contribution in [0, 0.1) is 17.3 Å². The number of nitrogens with one attached hydrogen (secondary N) is 1. The second kappa shape index (κ2) is 5.17. The molecule has 0 bridgehead atoms. The van der Waals surface area contributed by atoms with Crippen molar-refractivity contribution in [2.24, 2.45) is 23.0 Å². The summed E-state index contributed by atoms with van der Waals surface area (Å²) in [7, 11) is 0. The smallest absolute Gasteiger partial charge is 0.223 e. The van der Waals surface area contributed by atoms with Crippen LogP contribution in [0.15, 0.2) is 0 Å². The second-order valence-electron chi connectivity index (χ2n) is 6.03. The maximum absolute atomic E-state index is 12.2. The lowest BCUT2D eigenvalue weighted by molar-refractivity contribution is -0.128. The first-order valence-electron chi connectivity index (χ1n) is 6.39. The van der Waals surface area contributed by atoms with Gasteiger partial charge in [-0.05, 0) is 24.2 Å². The quantitative estimate of drug-likeness (QED) is 0.769. The van der Waals surface area contributed by atoms with E-state index in [9.17, 15) is 4.79 Å². The van der Waals surface area contributed by atoms with E-state index in [1.54, 1.807) is 0 Å². The van der Waals surface area contributed by atoms with Gasteiger partial charge < -0.3 is 11.1 Å². The van der Waals surface area contributed by atoms with Gasteiger partial charge in [-0.15, -0.1) is 0 Å². The standard InChI is InChI=1S/C13H26N2O/c1-9(2)11(8-14)15-12(16)10-6-5-7-13(10,3)4/h9-11H,5-8,14H2,1-4H3,(H,15,16). The van der Waals surface area contributed by atoms with Crippen LogP contribution in [-0.4, -0.2) is 18.5 Å². The molecule has 0 aromatic rings. The molecule has 94 valence electrons. The topological polar surface area (TPSA) is 55.1 Å². The lowest BCUT2D eigenvalue weighted by Gasteiger charge is -2.29. The minimum atomic E-state index is 0.115. The predicted molar refractivity (Wildman–Crippen MR) is 66.9 cm³/mol. The monoisotopic (exact) mass is 226 g/mol. The lowest BCUT2D eigenvalue weighted by Crippen LogP contribution is -2.47. The number of amides is 1. The normalized spacial score (nSPS) is 25.8. The van der Waals surface area contributed by atoms with Gasteiger partial charge in [0.2, 0.25) is 5.91 Å². The Kier molecular flexibility index (Phi) is 4.36. The van der Waals surface area contributed by atoms with Crippen molar-refractivity contribution >= 4 is 5.91 Å². The summed E-state index contributed by atoms with van der Waals surface area (Å²) < 4.78 is 0. The number of hydrogen-bond donors (Lipinski definition) is 2. The molecule has 1 fully saturated rings. The zero-order valence-corrected chi connectivity index (χ0v) is 11.0. The van der Waals surface area contributed by atoms with Gasteiger partial charge in [0.05, 0.1) is 0 Å². The van der Waals surface area contributed by atoms with Gasteiger partial charge in [-0.2, -0.15) is 0 Å². The predicted octanol–water partition coefficient (Wildman–Crippen LogP) is 1.91. The van der Waals surface area contributed by atoms with E-state index < -0.39 is 0 Å². The number of hydrogen-bond acceptors (Lipinski definition) is 2. The summed E-state index contributed by atoms with van der Waals surface area (Å²) in [6.07, 6.45) is 3.34. The van der Waals surface area contributed by atoms with Crippen LogP contribution in [0.5, 0.6) is 0 Å². The summed E-state index contributed by atoms with van der Waals surface area (Å²) in [6.45, 7) is 9.10. The Labute approximate surface area is 99.2 Å². The van der Waals surface area contributed by atoms with Gasteiger partial charge in [-0.1, -0.05) is 34.1 Å². The third-order valence-corrected chi connectivity index (χ3v) is 3.96. The molecule has 0 aromatic heterocycles. The van der Waals surface area contributed by atoms with Crippen molar-refractivity contribution in [3.63, 3.8) is 0 Å². The van der Waals surface area contributed by atoms with Crippen LogP contribution >= 0.6 is 0 Å². The zero-order chi connectivity index (χ0) is 12.3. The highest BCUT2D eigenvalue weighted by Gasteiger charge is 2.39. The van der Waals surface area contributed by atoms with E-state index in [0.29, 0.717) is 12.5 Å². The van der Waals surface area contributed by atoms with Crippen LogP contribution < -0.4 is 11.1 Å². The van der Waals surface area contributed by atoms with Crippen molar-refractivity contribution in [1.82, 2.24) is 5.32 Å². The first-order chi connectivity index (χ1) is 7.38. The molecule has 3 heteroatoms. The molecule has 0 saturated heterocycles. The van der Waals surface area contributed by atoms with E-state index in [1.165, 1.54) is 6.42 Å². The fourth-order valence-corrected chi connectivity index (χ4v) is 2.59. The fourth-order valence-electron chi connectivity index (χ4n) is 2.59. The van der Waals surface area contributed by atoms with Crippen molar-refractivity contribution in [2.45, 2.75) is 53.0 Å². The molecule has 1 rings (SSSR count). The number of carbonyl (C=O) groups is 1. The van der Waals surface area contributed by atoms with Gasteiger partial charge in [0.1, 0.15) is 0 Å². The molecule has 3 N–H and O–H groups in total. The number of nitrogens with two attached hydrogens (primary N) is 1. The molecule has 2 unspecified atom stereocenters. The maximum Gasteiger partial charge on any atom is 0.223 e. The Morgan fingerprint density at radius 1 is 1.50 bits per heavy atom. The van der Waals surface area contributed by atoms with Gasteiger partial charge in [-0.25, -0.2) is 0 Å². The molecule has 1 aliphatic rings. The van der Waals surface area contributed by atoms with Crippen LogP contribution in [0.2, 0.25) is 0 Å². The van der Waals surface area contributed by atoms with E-state index >= 15 is 0 Å². The molecule has 2 atom stereocenters. The Morgan fingerprint density at radius 3 is 2.50 bits per heavy atom. The van der Waals surface area contributed by atoms with Crippen LogP contribution in [0.1, 0.15) is 47.0 Å². The Morgan fingerprint density at radius 2 is 2.12 bits per heavy atom.